The van der Waals surface area contributed by atoms with Gasteiger partial charge >= 0.3 is 5.97 Å². The van der Waals surface area contributed by atoms with Crippen molar-refractivity contribution < 1.29 is 14.6 Å². The summed E-state index contributed by atoms with van der Waals surface area (Å²) in [5.74, 6) is -0.406. The van der Waals surface area contributed by atoms with Crippen molar-refractivity contribution in [2.45, 2.75) is 19.4 Å². The number of carbonyl (C=O) groups is 1. The Labute approximate surface area is 147 Å². The van der Waals surface area contributed by atoms with Gasteiger partial charge in [-0.1, -0.05) is 66.7 Å². The summed E-state index contributed by atoms with van der Waals surface area (Å²) in [5, 5.41) is 9.49. The lowest BCUT2D eigenvalue weighted by Gasteiger charge is -2.16. The number of ether oxygens (including phenoxy) is 1. The fraction of sp³-hybridized carbons (Fsp3) is 0.136. The van der Waals surface area contributed by atoms with Crippen LogP contribution in [0.3, 0.4) is 0 Å². The van der Waals surface area contributed by atoms with E-state index in [4.69, 9.17) is 4.74 Å². The smallest absolute Gasteiger partial charge is 0.345 e. The van der Waals surface area contributed by atoms with E-state index in [-0.39, 0.29) is 0 Å². The van der Waals surface area contributed by atoms with E-state index in [1.807, 2.05) is 85.8 Å². The van der Waals surface area contributed by atoms with Crippen molar-refractivity contribution in [1.82, 2.24) is 0 Å². The second-order valence-corrected chi connectivity index (χ2v) is 5.97. The molecule has 3 nitrogen and oxygen atoms in total. The molecule has 0 aromatic heterocycles. The monoisotopic (exact) mass is 332 g/mol. The van der Waals surface area contributed by atoms with E-state index < -0.39 is 12.1 Å². The van der Waals surface area contributed by atoms with Gasteiger partial charge in [0.25, 0.3) is 0 Å². The molecule has 0 aliphatic heterocycles. The van der Waals surface area contributed by atoms with Gasteiger partial charge < -0.3 is 9.84 Å². The summed E-state index contributed by atoms with van der Waals surface area (Å²) >= 11 is 0. The van der Waals surface area contributed by atoms with E-state index in [1.165, 1.54) is 0 Å². The summed E-state index contributed by atoms with van der Waals surface area (Å²) < 4.78 is 5.73. The molecule has 0 amide bonds. The lowest BCUT2D eigenvalue weighted by Crippen LogP contribution is -2.29. The zero-order valence-electron chi connectivity index (χ0n) is 14.1. The minimum absolute atomic E-state index is 0.336. The van der Waals surface area contributed by atoms with Crippen LogP contribution in [0.1, 0.15) is 11.1 Å². The molecule has 1 atom stereocenters. The van der Waals surface area contributed by atoms with Gasteiger partial charge in [0.15, 0.2) is 6.10 Å². The highest BCUT2D eigenvalue weighted by atomic mass is 16.5. The number of hydrogen-bond donors (Lipinski definition) is 1. The van der Waals surface area contributed by atoms with Gasteiger partial charge in [-0.15, -0.1) is 0 Å². The molecule has 1 N–H and O–H groups in total. The van der Waals surface area contributed by atoms with Crippen LogP contribution in [0.25, 0.3) is 11.1 Å². The summed E-state index contributed by atoms with van der Waals surface area (Å²) in [6.07, 6.45) is -0.578. The summed E-state index contributed by atoms with van der Waals surface area (Å²) in [6.45, 7) is 1.98. The molecule has 3 aromatic rings. The summed E-state index contributed by atoms with van der Waals surface area (Å²) in [7, 11) is 0. The molecule has 25 heavy (non-hydrogen) atoms. The molecule has 0 spiro atoms. The summed E-state index contributed by atoms with van der Waals surface area (Å²) in [6, 6.07) is 25.3. The largest absolute Gasteiger partial charge is 0.478 e. The first-order valence-corrected chi connectivity index (χ1v) is 8.23. The highest BCUT2D eigenvalue weighted by molar-refractivity contribution is 5.73. The second-order valence-electron chi connectivity index (χ2n) is 5.97. The number of aryl methyl sites for hydroxylation is 1. The quantitative estimate of drug-likeness (QED) is 0.709. The fourth-order valence-corrected chi connectivity index (χ4v) is 2.74. The Morgan fingerprint density at radius 2 is 1.48 bits per heavy atom. The standard InChI is InChI=1S/C22H20O3/c1-16-7-5-6-10-19(16)15-21(22(23)24)25-20-13-11-18(12-14-20)17-8-3-2-4-9-17/h2-14,21H,15H2,1H3,(H,23,24)/t21-/m0/s1. The molecule has 0 heterocycles. The Balaban J connectivity index is 1.74. The number of benzene rings is 3. The zero-order valence-corrected chi connectivity index (χ0v) is 14.1. The maximum Gasteiger partial charge on any atom is 0.345 e. The van der Waals surface area contributed by atoms with Crippen molar-refractivity contribution in [2.75, 3.05) is 0 Å². The van der Waals surface area contributed by atoms with Crippen LogP contribution in [0.5, 0.6) is 5.75 Å². The van der Waals surface area contributed by atoms with Crippen LogP contribution in [0.4, 0.5) is 0 Å². The first-order valence-electron chi connectivity index (χ1n) is 8.23. The molecule has 0 bridgehead atoms. The normalized spacial score (nSPS) is 11.7. The third-order valence-electron chi connectivity index (χ3n) is 4.18. The van der Waals surface area contributed by atoms with Crippen LogP contribution in [0.15, 0.2) is 78.9 Å². The van der Waals surface area contributed by atoms with Gasteiger partial charge in [0, 0.05) is 6.42 Å². The van der Waals surface area contributed by atoms with Crippen molar-refractivity contribution in [3.05, 3.63) is 90.0 Å². The Kier molecular flexibility index (Phi) is 5.14. The Hall–Kier alpha value is -3.07. The topological polar surface area (TPSA) is 46.5 Å². The van der Waals surface area contributed by atoms with Gasteiger partial charge in [-0.25, -0.2) is 4.79 Å². The molecule has 3 rings (SSSR count). The molecule has 0 saturated carbocycles. The average molecular weight is 332 g/mol. The van der Waals surface area contributed by atoms with Gasteiger partial charge in [0.05, 0.1) is 0 Å². The first-order chi connectivity index (χ1) is 12.1. The van der Waals surface area contributed by atoms with Crippen molar-refractivity contribution in [2.24, 2.45) is 0 Å². The van der Waals surface area contributed by atoms with E-state index in [9.17, 15) is 9.90 Å². The van der Waals surface area contributed by atoms with Crippen molar-refractivity contribution in [3.63, 3.8) is 0 Å². The van der Waals surface area contributed by atoms with Gasteiger partial charge in [-0.3, -0.25) is 0 Å². The molecule has 0 fully saturated rings. The number of carboxylic acids is 1. The van der Waals surface area contributed by atoms with E-state index in [2.05, 4.69) is 0 Å². The molecular weight excluding hydrogens is 312 g/mol. The van der Waals surface area contributed by atoms with Gasteiger partial charge in [0.1, 0.15) is 5.75 Å². The Morgan fingerprint density at radius 3 is 2.12 bits per heavy atom. The van der Waals surface area contributed by atoms with E-state index in [1.54, 1.807) is 0 Å². The number of carboxylic acid groups (broad SMARTS) is 1. The first kappa shape index (κ1) is 16.8. The van der Waals surface area contributed by atoms with Gasteiger partial charge in [-0.05, 0) is 41.3 Å². The molecular formula is C22H20O3. The lowest BCUT2D eigenvalue weighted by molar-refractivity contribution is -0.145. The highest BCUT2D eigenvalue weighted by Gasteiger charge is 2.20. The van der Waals surface area contributed by atoms with E-state index in [0.717, 1.165) is 22.3 Å². The summed E-state index contributed by atoms with van der Waals surface area (Å²) in [5.41, 5.74) is 4.23. The minimum Gasteiger partial charge on any atom is -0.478 e. The molecule has 0 saturated heterocycles. The molecule has 3 heteroatoms. The second kappa shape index (κ2) is 7.67. The van der Waals surface area contributed by atoms with Crippen molar-refractivity contribution >= 4 is 5.97 Å². The zero-order chi connectivity index (χ0) is 17.6. The Morgan fingerprint density at radius 1 is 0.880 bits per heavy atom. The predicted octanol–water partition coefficient (Wildman–Crippen LogP) is 4.74. The van der Waals surface area contributed by atoms with Crippen molar-refractivity contribution in [1.29, 1.82) is 0 Å². The Bertz CT molecular complexity index is 839. The molecule has 0 aliphatic carbocycles. The molecule has 126 valence electrons. The maximum absolute atomic E-state index is 11.6. The maximum atomic E-state index is 11.6. The average Bonchev–Trinajstić information content (AvgIpc) is 2.64. The third kappa shape index (κ3) is 4.27. The molecule has 0 aliphatic rings. The summed E-state index contributed by atoms with van der Waals surface area (Å²) in [4.78, 5) is 11.6. The van der Waals surface area contributed by atoms with Crippen LogP contribution in [0, 0.1) is 6.92 Å². The van der Waals surface area contributed by atoms with Crippen LogP contribution in [-0.2, 0) is 11.2 Å². The number of aliphatic carboxylic acids is 1. The van der Waals surface area contributed by atoms with Crippen LogP contribution in [-0.4, -0.2) is 17.2 Å². The van der Waals surface area contributed by atoms with Crippen LogP contribution >= 0.6 is 0 Å². The fourth-order valence-electron chi connectivity index (χ4n) is 2.74. The van der Waals surface area contributed by atoms with Crippen molar-refractivity contribution in [3.8, 4) is 16.9 Å². The molecule has 0 radical (unpaired) electrons. The number of rotatable bonds is 6. The van der Waals surface area contributed by atoms with Crippen LogP contribution in [0.2, 0.25) is 0 Å². The minimum atomic E-state index is -0.963. The predicted molar refractivity (Wildman–Crippen MR) is 98.8 cm³/mol. The van der Waals surface area contributed by atoms with E-state index >= 15 is 0 Å². The SMILES string of the molecule is Cc1ccccc1C[C@H](Oc1ccc(-c2ccccc2)cc1)C(=O)O. The highest BCUT2D eigenvalue weighted by Crippen LogP contribution is 2.23. The van der Waals surface area contributed by atoms with Gasteiger partial charge in [-0.2, -0.15) is 0 Å². The lowest BCUT2D eigenvalue weighted by atomic mass is 10.0. The molecule has 3 aromatic carbocycles. The van der Waals surface area contributed by atoms with Crippen LogP contribution < -0.4 is 4.74 Å². The van der Waals surface area contributed by atoms with E-state index in [0.29, 0.717) is 12.2 Å². The number of hydrogen-bond acceptors (Lipinski definition) is 2. The third-order valence-corrected chi connectivity index (χ3v) is 4.18. The molecule has 0 unspecified atom stereocenters. The van der Waals surface area contributed by atoms with Gasteiger partial charge in [0.2, 0.25) is 0 Å².